The quantitative estimate of drug-likeness (QED) is 0.695. The van der Waals surface area contributed by atoms with Crippen LogP contribution in [0.4, 0.5) is 19.4 Å². The van der Waals surface area contributed by atoms with Crippen LogP contribution in [0.15, 0.2) is 24.3 Å². The van der Waals surface area contributed by atoms with Gasteiger partial charge in [0.1, 0.15) is 5.75 Å². The van der Waals surface area contributed by atoms with Gasteiger partial charge in [-0.1, -0.05) is 38.5 Å². The van der Waals surface area contributed by atoms with Crippen LogP contribution in [0.5, 0.6) is 5.75 Å². The van der Waals surface area contributed by atoms with Crippen molar-refractivity contribution in [3.63, 3.8) is 0 Å². The monoisotopic (exact) mass is 248 g/mol. The van der Waals surface area contributed by atoms with Crippen LogP contribution in [0.2, 0.25) is 0 Å². The Kier molecular flexibility index (Phi) is 2.24. The molecule has 0 bridgehead atoms. The molecular formula is C8H9F5OS. The zero-order valence-corrected chi connectivity index (χ0v) is 8.54. The molecule has 0 atom stereocenters. The summed E-state index contributed by atoms with van der Waals surface area (Å²) in [6.07, 6.45) is 0.608. The molecule has 1 aromatic rings. The van der Waals surface area contributed by atoms with E-state index in [4.69, 9.17) is 0 Å². The molecule has 7 heteroatoms. The first-order chi connectivity index (χ1) is 6.49. The van der Waals surface area contributed by atoms with Crippen LogP contribution in [0.25, 0.3) is 0 Å². The highest BCUT2D eigenvalue weighted by atomic mass is 32.5. The molecule has 0 aliphatic carbocycles. The van der Waals surface area contributed by atoms with E-state index in [0.29, 0.717) is 6.42 Å². The van der Waals surface area contributed by atoms with E-state index in [1.807, 2.05) is 0 Å². The molecule has 1 aromatic carbocycles. The maximum absolute atomic E-state index is 11.9. The summed E-state index contributed by atoms with van der Waals surface area (Å²) in [5, 5.41) is 0. The maximum atomic E-state index is 11.9. The Balaban J connectivity index is 2.93. The van der Waals surface area contributed by atoms with Crippen molar-refractivity contribution in [2.75, 3.05) is 0 Å². The SMILES string of the molecule is CCc1ccc(OS(F)(F)(F)(F)F)cc1. The molecule has 0 saturated carbocycles. The van der Waals surface area contributed by atoms with Gasteiger partial charge in [-0.05, 0) is 24.1 Å². The van der Waals surface area contributed by atoms with Gasteiger partial charge in [0.2, 0.25) is 0 Å². The molecule has 0 aliphatic rings. The van der Waals surface area contributed by atoms with Gasteiger partial charge < -0.3 is 4.18 Å². The summed E-state index contributed by atoms with van der Waals surface area (Å²) in [4.78, 5) is 0. The van der Waals surface area contributed by atoms with E-state index in [2.05, 4.69) is 4.18 Å². The highest BCUT2D eigenvalue weighted by Crippen LogP contribution is 2.97. The second kappa shape index (κ2) is 2.78. The van der Waals surface area contributed by atoms with Crippen molar-refractivity contribution in [2.45, 2.75) is 13.3 Å². The fraction of sp³-hybridized carbons (Fsp3) is 0.250. The topological polar surface area (TPSA) is 9.23 Å². The largest absolute Gasteiger partial charge is 0.435 e. The molecule has 0 saturated heterocycles. The van der Waals surface area contributed by atoms with Crippen LogP contribution in [0, 0.1) is 0 Å². The summed E-state index contributed by atoms with van der Waals surface area (Å²) in [6, 6.07) is 4.35. The minimum Gasteiger partial charge on any atom is -0.355 e. The van der Waals surface area contributed by atoms with Crippen molar-refractivity contribution in [3.8, 4) is 5.75 Å². The molecule has 0 heterocycles. The summed E-state index contributed by atoms with van der Waals surface area (Å²) >= 11 is 0. The van der Waals surface area contributed by atoms with Crippen molar-refractivity contribution < 1.29 is 23.6 Å². The predicted molar refractivity (Wildman–Crippen MR) is 49.6 cm³/mol. The Morgan fingerprint density at radius 3 is 1.80 bits per heavy atom. The Labute approximate surface area is 83.8 Å². The summed E-state index contributed by atoms with van der Waals surface area (Å²) in [7, 11) is -9.82. The third-order valence-corrected chi connectivity index (χ3v) is 2.09. The van der Waals surface area contributed by atoms with Gasteiger partial charge in [0, 0.05) is 0 Å². The van der Waals surface area contributed by atoms with E-state index in [9.17, 15) is 19.4 Å². The first kappa shape index (κ1) is 12.1. The van der Waals surface area contributed by atoms with Gasteiger partial charge in [-0.15, -0.1) is 0 Å². The molecule has 0 radical (unpaired) electrons. The van der Waals surface area contributed by atoms with Crippen molar-refractivity contribution in [1.82, 2.24) is 0 Å². The highest BCUT2D eigenvalue weighted by molar-refractivity contribution is 8.42. The standard InChI is InChI=1S/C8H9F5OS/c1-2-7-3-5-8(6-4-7)14-15(9,10,11,12)13/h3-6H,2H2,1H3. The lowest BCUT2D eigenvalue weighted by Crippen LogP contribution is -2.13. The van der Waals surface area contributed by atoms with Crippen LogP contribution in [0.1, 0.15) is 12.5 Å². The van der Waals surface area contributed by atoms with Crippen LogP contribution >= 0.6 is 10.5 Å². The van der Waals surface area contributed by atoms with Crippen molar-refractivity contribution in [3.05, 3.63) is 29.8 Å². The second-order valence-electron chi connectivity index (χ2n) is 2.98. The predicted octanol–water partition coefficient (Wildman–Crippen LogP) is 4.84. The van der Waals surface area contributed by atoms with Crippen LogP contribution in [0.3, 0.4) is 0 Å². The van der Waals surface area contributed by atoms with E-state index >= 15 is 0 Å². The number of aryl methyl sites for hydroxylation is 1. The molecule has 0 aliphatic heterocycles. The Morgan fingerprint density at radius 2 is 1.47 bits per heavy atom. The summed E-state index contributed by atoms with van der Waals surface area (Å²) in [5.74, 6) is -0.897. The fourth-order valence-corrected chi connectivity index (χ4v) is 1.44. The number of hydrogen-bond acceptors (Lipinski definition) is 1. The molecule has 0 spiro atoms. The lowest BCUT2D eigenvalue weighted by Gasteiger charge is -2.39. The van der Waals surface area contributed by atoms with Gasteiger partial charge in [0.15, 0.2) is 0 Å². The molecule has 1 nitrogen and oxygen atoms in total. The van der Waals surface area contributed by atoms with Crippen LogP contribution in [-0.4, -0.2) is 0 Å². The minimum absolute atomic E-state index is 0.608. The first-order valence-corrected chi connectivity index (χ1v) is 5.90. The van der Waals surface area contributed by atoms with Gasteiger partial charge in [-0.2, -0.15) is 0 Å². The average molecular weight is 248 g/mol. The van der Waals surface area contributed by atoms with Crippen molar-refractivity contribution in [2.24, 2.45) is 0 Å². The number of rotatable bonds is 3. The Bertz CT molecular complexity index is 354. The average Bonchev–Trinajstić information content (AvgIpc) is 2.00. The van der Waals surface area contributed by atoms with Crippen LogP contribution < -0.4 is 4.18 Å². The third kappa shape index (κ3) is 4.87. The van der Waals surface area contributed by atoms with Gasteiger partial charge in [-0.25, -0.2) is 0 Å². The summed E-state index contributed by atoms with van der Waals surface area (Å²) in [6.45, 7) is 1.79. The van der Waals surface area contributed by atoms with Gasteiger partial charge in [0.05, 0.1) is 0 Å². The molecule has 0 fully saturated rings. The first-order valence-electron chi connectivity index (χ1n) is 4.02. The normalized spacial score (nSPS) is 16.7. The number of halogens is 5. The minimum atomic E-state index is -9.82. The van der Waals surface area contributed by atoms with E-state index in [1.165, 1.54) is 12.1 Å². The lowest BCUT2D eigenvalue weighted by atomic mass is 10.2. The van der Waals surface area contributed by atoms with E-state index in [1.54, 1.807) is 6.92 Å². The van der Waals surface area contributed by atoms with Gasteiger partial charge in [-0.3, -0.25) is 0 Å². The molecule has 0 aromatic heterocycles. The fourth-order valence-electron chi connectivity index (χ4n) is 0.963. The lowest BCUT2D eigenvalue weighted by molar-refractivity contribution is 0.243. The van der Waals surface area contributed by atoms with Crippen molar-refractivity contribution in [1.29, 1.82) is 0 Å². The number of hydrogen-bond donors (Lipinski definition) is 0. The van der Waals surface area contributed by atoms with Gasteiger partial charge in [0.25, 0.3) is 0 Å². The smallest absolute Gasteiger partial charge is 0.355 e. The third-order valence-electron chi connectivity index (χ3n) is 1.59. The van der Waals surface area contributed by atoms with Gasteiger partial charge >= 0.3 is 10.5 Å². The highest BCUT2D eigenvalue weighted by Gasteiger charge is 2.67. The zero-order valence-electron chi connectivity index (χ0n) is 7.72. The zero-order chi connectivity index (χ0) is 11.8. The molecule has 1 rings (SSSR count). The molecule has 0 N–H and O–H groups in total. The number of benzene rings is 1. The summed E-state index contributed by atoms with van der Waals surface area (Å²) in [5.41, 5.74) is 0.740. The molecule has 88 valence electrons. The molecule has 15 heavy (non-hydrogen) atoms. The van der Waals surface area contributed by atoms with E-state index < -0.39 is 16.3 Å². The molecule has 0 amide bonds. The molecule has 0 unspecified atom stereocenters. The maximum Gasteiger partial charge on any atom is 0.435 e. The van der Waals surface area contributed by atoms with E-state index in [-0.39, 0.29) is 0 Å². The Morgan fingerprint density at radius 1 is 1.00 bits per heavy atom. The molecular weight excluding hydrogens is 239 g/mol. The second-order valence-corrected chi connectivity index (χ2v) is 4.94. The van der Waals surface area contributed by atoms with E-state index in [0.717, 1.165) is 17.7 Å². The van der Waals surface area contributed by atoms with Crippen LogP contribution in [-0.2, 0) is 6.42 Å². The van der Waals surface area contributed by atoms with Crippen molar-refractivity contribution >= 4 is 10.5 Å². The summed E-state index contributed by atoms with van der Waals surface area (Å²) < 4.78 is 62.2. The Hall–Kier alpha value is -0.980.